The molecule has 0 amide bonds. The molecule has 0 aliphatic rings. The number of aromatic carboxylic acids is 1. The first-order chi connectivity index (χ1) is 11.8. The number of carbonyl (C=O) groups is 1. The zero-order chi connectivity index (χ0) is 18.2. The Morgan fingerprint density at radius 1 is 1.12 bits per heavy atom. The molecule has 3 aromatic rings. The average Bonchev–Trinajstić information content (AvgIpc) is 2.53. The topological polar surface area (TPSA) is 82.5 Å². The van der Waals surface area contributed by atoms with Crippen molar-refractivity contribution in [2.75, 3.05) is 5.32 Å². The predicted octanol–water partition coefficient (Wildman–Crippen LogP) is 4.40. The van der Waals surface area contributed by atoms with Gasteiger partial charge in [0.2, 0.25) is 0 Å². The second-order valence-corrected chi connectivity index (χ2v) is 5.23. The highest BCUT2D eigenvalue weighted by molar-refractivity contribution is 6.06. The van der Waals surface area contributed by atoms with Gasteiger partial charge in [-0.3, -0.25) is 4.98 Å². The number of anilines is 2. The minimum atomic E-state index is -4.63. The molecule has 8 heteroatoms. The van der Waals surface area contributed by atoms with E-state index < -0.39 is 17.7 Å². The van der Waals surface area contributed by atoms with Gasteiger partial charge in [-0.05, 0) is 18.2 Å². The Kier molecular flexibility index (Phi) is 3.96. The van der Waals surface area contributed by atoms with Crippen LogP contribution < -0.4 is 5.32 Å². The van der Waals surface area contributed by atoms with Crippen molar-refractivity contribution in [3.63, 3.8) is 0 Å². The molecule has 0 spiro atoms. The van der Waals surface area contributed by atoms with E-state index in [2.05, 4.69) is 10.3 Å². The van der Waals surface area contributed by atoms with Crippen LogP contribution >= 0.6 is 0 Å². The smallest absolute Gasteiger partial charge is 0.418 e. The highest BCUT2D eigenvalue weighted by atomic mass is 19.4. The molecule has 0 saturated heterocycles. The zero-order valence-corrected chi connectivity index (χ0v) is 12.5. The Morgan fingerprint density at radius 3 is 2.48 bits per heavy atom. The van der Waals surface area contributed by atoms with Gasteiger partial charge in [0.25, 0.3) is 0 Å². The number of pyridine rings is 1. The molecular formula is C17H11F3N2O3. The maximum absolute atomic E-state index is 13.2. The number of aromatic hydroxyl groups is 1. The molecule has 5 nitrogen and oxygen atoms in total. The van der Waals surface area contributed by atoms with E-state index in [0.29, 0.717) is 5.69 Å². The normalized spacial score (nSPS) is 11.5. The molecule has 0 unspecified atom stereocenters. The quantitative estimate of drug-likeness (QED) is 0.653. The average molecular weight is 348 g/mol. The van der Waals surface area contributed by atoms with Gasteiger partial charge in [-0.25, -0.2) is 4.79 Å². The van der Waals surface area contributed by atoms with Gasteiger partial charge in [-0.1, -0.05) is 18.2 Å². The number of carboxylic acid groups (broad SMARTS) is 1. The lowest BCUT2D eigenvalue weighted by atomic mass is 10.0. The number of fused-ring (bicyclic) bond motifs is 1. The minimum absolute atomic E-state index is 0.0121. The van der Waals surface area contributed by atoms with E-state index in [9.17, 15) is 28.2 Å². The Morgan fingerprint density at radius 2 is 1.84 bits per heavy atom. The molecular weight excluding hydrogens is 337 g/mol. The van der Waals surface area contributed by atoms with Gasteiger partial charge in [0, 0.05) is 23.3 Å². The van der Waals surface area contributed by atoms with E-state index >= 15 is 0 Å². The van der Waals surface area contributed by atoms with Crippen molar-refractivity contribution in [2.45, 2.75) is 6.18 Å². The van der Waals surface area contributed by atoms with Gasteiger partial charge >= 0.3 is 12.1 Å². The van der Waals surface area contributed by atoms with Gasteiger partial charge in [0.15, 0.2) is 0 Å². The number of alkyl halides is 3. The van der Waals surface area contributed by atoms with E-state index in [1.807, 2.05) is 0 Å². The number of nitrogens with zero attached hydrogens (tertiary/aromatic N) is 1. The molecule has 3 rings (SSSR count). The van der Waals surface area contributed by atoms with Crippen molar-refractivity contribution in [2.24, 2.45) is 0 Å². The summed E-state index contributed by atoms with van der Waals surface area (Å²) < 4.78 is 39.5. The van der Waals surface area contributed by atoms with Crippen LogP contribution in [0, 0.1) is 0 Å². The number of phenols is 1. The van der Waals surface area contributed by atoms with Crippen LogP contribution in [-0.4, -0.2) is 21.2 Å². The Balaban J connectivity index is 2.27. The number of rotatable bonds is 3. The van der Waals surface area contributed by atoms with Crippen molar-refractivity contribution in [1.82, 2.24) is 4.98 Å². The van der Waals surface area contributed by atoms with Crippen LogP contribution in [0.25, 0.3) is 10.9 Å². The Labute approximate surface area is 139 Å². The summed E-state index contributed by atoms with van der Waals surface area (Å²) in [5.74, 6) is -1.41. The minimum Gasteiger partial charge on any atom is -0.508 e. The fourth-order valence-corrected chi connectivity index (χ4v) is 2.48. The van der Waals surface area contributed by atoms with E-state index in [1.165, 1.54) is 30.3 Å². The van der Waals surface area contributed by atoms with Crippen molar-refractivity contribution in [1.29, 1.82) is 0 Å². The van der Waals surface area contributed by atoms with E-state index in [0.717, 1.165) is 12.3 Å². The van der Waals surface area contributed by atoms with Gasteiger partial charge in [0.1, 0.15) is 11.3 Å². The number of hydrogen-bond acceptors (Lipinski definition) is 4. The maximum Gasteiger partial charge on any atom is 0.418 e. The summed E-state index contributed by atoms with van der Waals surface area (Å²) >= 11 is 0. The van der Waals surface area contributed by atoms with Crippen LogP contribution in [0.1, 0.15) is 15.9 Å². The number of hydrogen-bond donors (Lipinski definition) is 3. The van der Waals surface area contributed by atoms with Gasteiger partial charge in [0.05, 0.1) is 16.8 Å². The van der Waals surface area contributed by atoms with E-state index in [1.54, 1.807) is 6.07 Å². The first-order valence-corrected chi connectivity index (χ1v) is 7.05. The van der Waals surface area contributed by atoms with Crippen LogP contribution in [0.5, 0.6) is 5.75 Å². The Hall–Kier alpha value is -3.29. The maximum atomic E-state index is 13.2. The molecule has 25 heavy (non-hydrogen) atoms. The largest absolute Gasteiger partial charge is 0.508 e. The molecule has 3 N–H and O–H groups in total. The SMILES string of the molecule is O=C(O)c1cnc2c(C(F)(F)F)cccc2c1Nc1cccc(O)c1. The fourth-order valence-electron chi connectivity index (χ4n) is 2.48. The van der Waals surface area contributed by atoms with Crippen LogP contribution in [0.2, 0.25) is 0 Å². The molecule has 0 bridgehead atoms. The molecule has 128 valence electrons. The summed E-state index contributed by atoms with van der Waals surface area (Å²) in [5.41, 5.74) is -1.31. The van der Waals surface area contributed by atoms with Gasteiger partial charge < -0.3 is 15.5 Å². The third-order valence-corrected chi connectivity index (χ3v) is 3.55. The summed E-state index contributed by atoms with van der Waals surface area (Å²) in [6, 6.07) is 9.23. The lowest BCUT2D eigenvalue weighted by Gasteiger charge is -2.15. The van der Waals surface area contributed by atoms with Gasteiger partial charge in [-0.2, -0.15) is 13.2 Å². The lowest BCUT2D eigenvalue weighted by molar-refractivity contribution is -0.136. The third-order valence-electron chi connectivity index (χ3n) is 3.55. The monoisotopic (exact) mass is 348 g/mol. The predicted molar refractivity (Wildman–Crippen MR) is 85.1 cm³/mol. The molecule has 1 aromatic heterocycles. The number of aromatic nitrogens is 1. The fraction of sp³-hybridized carbons (Fsp3) is 0.0588. The van der Waals surface area contributed by atoms with Crippen molar-refractivity contribution < 1.29 is 28.2 Å². The number of halogens is 3. The lowest BCUT2D eigenvalue weighted by Crippen LogP contribution is -2.09. The summed E-state index contributed by atoms with van der Waals surface area (Å²) in [6.07, 6.45) is -3.75. The number of nitrogens with one attached hydrogen (secondary N) is 1. The first kappa shape index (κ1) is 16.6. The number of benzene rings is 2. The number of carboxylic acids is 1. The second-order valence-electron chi connectivity index (χ2n) is 5.23. The van der Waals surface area contributed by atoms with Crippen LogP contribution in [0.3, 0.4) is 0 Å². The second kappa shape index (κ2) is 5.97. The van der Waals surface area contributed by atoms with Gasteiger partial charge in [-0.15, -0.1) is 0 Å². The van der Waals surface area contributed by atoms with E-state index in [4.69, 9.17) is 0 Å². The summed E-state index contributed by atoms with van der Waals surface area (Å²) in [6.45, 7) is 0. The molecule has 2 aromatic carbocycles. The van der Waals surface area contributed by atoms with E-state index in [-0.39, 0.29) is 27.9 Å². The van der Waals surface area contributed by atoms with Crippen LogP contribution in [0.15, 0.2) is 48.7 Å². The first-order valence-electron chi connectivity index (χ1n) is 7.05. The standard InChI is InChI=1S/C17H11F3N2O3/c18-17(19,20)13-6-2-5-11-14(12(16(24)25)8-21-15(11)13)22-9-3-1-4-10(23)7-9/h1-8,23H,(H,21,22)(H,24,25). The third kappa shape index (κ3) is 3.18. The van der Waals surface area contributed by atoms with Crippen molar-refractivity contribution in [3.8, 4) is 5.75 Å². The highest BCUT2D eigenvalue weighted by Crippen LogP contribution is 2.37. The highest BCUT2D eigenvalue weighted by Gasteiger charge is 2.34. The van der Waals surface area contributed by atoms with Crippen LogP contribution in [0.4, 0.5) is 24.5 Å². The van der Waals surface area contributed by atoms with Crippen molar-refractivity contribution >= 4 is 28.2 Å². The number of para-hydroxylation sites is 1. The molecule has 0 fully saturated rings. The zero-order valence-electron chi connectivity index (χ0n) is 12.5. The summed E-state index contributed by atoms with van der Waals surface area (Å²) in [5, 5.41) is 21.6. The summed E-state index contributed by atoms with van der Waals surface area (Å²) in [7, 11) is 0. The Bertz CT molecular complexity index is 971. The molecule has 0 aliphatic carbocycles. The molecule has 0 saturated carbocycles. The molecule has 0 radical (unpaired) electrons. The van der Waals surface area contributed by atoms with Crippen molar-refractivity contribution in [3.05, 3.63) is 59.8 Å². The molecule has 0 atom stereocenters. The molecule has 1 heterocycles. The number of phenolic OH excluding ortho intramolecular Hbond substituents is 1. The molecule has 0 aliphatic heterocycles. The summed E-state index contributed by atoms with van der Waals surface area (Å²) in [4.78, 5) is 15.2. The van der Waals surface area contributed by atoms with Crippen LogP contribution in [-0.2, 0) is 6.18 Å².